The summed E-state index contributed by atoms with van der Waals surface area (Å²) in [6, 6.07) is 15.0. The fourth-order valence-corrected chi connectivity index (χ4v) is 2.89. The smallest absolute Gasteiger partial charge is 0.137 e. The zero-order valence-electron chi connectivity index (χ0n) is 15.0. The number of aromatic hydroxyl groups is 1. The highest BCUT2D eigenvalue weighted by Gasteiger charge is 2.14. The minimum Gasteiger partial charge on any atom is -0.508 e. The van der Waals surface area contributed by atoms with Gasteiger partial charge in [-0.25, -0.2) is 0 Å². The number of furan rings is 1. The van der Waals surface area contributed by atoms with Crippen molar-refractivity contribution in [3.8, 4) is 28.6 Å². The van der Waals surface area contributed by atoms with Crippen molar-refractivity contribution in [2.75, 3.05) is 20.8 Å². The first-order chi connectivity index (χ1) is 12.7. The first-order valence-corrected chi connectivity index (χ1v) is 8.49. The Labute approximate surface area is 153 Å². The molecular formula is C21H23NO4. The van der Waals surface area contributed by atoms with Crippen LogP contribution in [0.3, 0.4) is 0 Å². The lowest BCUT2D eigenvalue weighted by molar-refractivity contribution is 0.398. The summed E-state index contributed by atoms with van der Waals surface area (Å²) < 4.78 is 16.6. The van der Waals surface area contributed by atoms with E-state index >= 15 is 0 Å². The summed E-state index contributed by atoms with van der Waals surface area (Å²) in [6.07, 6.45) is 2.41. The van der Waals surface area contributed by atoms with Gasteiger partial charge in [-0.3, -0.25) is 0 Å². The molecule has 0 aliphatic carbocycles. The van der Waals surface area contributed by atoms with Crippen molar-refractivity contribution >= 4 is 0 Å². The lowest BCUT2D eigenvalue weighted by Gasteiger charge is -2.14. The average molecular weight is 353 g/mol. The summed E-state index contributed by atoms with van der Waals surface area (Å²) in [6.45, 7) is 1.35. The molecule has 1 aromatic heterocycles. The molecule has 0 saturated heterocycles. The van der Waals surface area contributed by atoms with Crippen molar-refractivity contribution in [2.24, 2.45) is 0 Å². The Hall–Kier alpha value is -2.92. The standard InChI is InChI=1S/C21H23NO4/c1-24-20-13-17(19-8-5-11-26-19)21(25-2)12-15(20)9-10-22-14-16-6-3-4-7-18(16)23/h3-8,11-13,22-23H,9-10,14H2,1-2H3. The number of methoxy groups -OCH3 is 2. The lowest BCUT2D eigenvalue weighted by atomic mass is 10.0. The van der Waals surface area contributed by atoms with Gasteiger partial charge < -0.3 is 24.3 Å². The van der Waals surface area contributed by atoms with Gasteiger partial charge in [0.05, 0.1) is 26.0 Å². The second-order valence-electron chi connectivity index (χ2n) is 5.90. The normalized spacial score (nSPS) is 10.7. The zero-order chi connectivity index (χ0) is 18.4. The van der Waals surface area contributed by atoms with E-state index in [-0.39, 0.29) is 0 Å². The molecule has 1 heterocycles. The van der Waals surface area contributed by atoms with Gasteiger partial charge in [-0.1, -0.05) is 18.2 Å². The molecule has 3 rings (SSSR count). The SMILES string of the molecule is COc1cc(-c2ccco2)c(OC)cc1CCNCc1ccccc1O. The van der Waals surface area contributed by atoms with Gasteiger partial charge in [0, 0.05) is 12.1 Å². The molecule has 0 spiro atoms. The van der Waals surface area contributed by atoms with Crippen molar-refractivity contribution in [1.29, 1.82) is 0 Å². The first kappa shape index (κ1) is 17.9. The van der Waals surface area contributed by atoms with Crippen LogP contribution in [0.1, 0.15) is 11.1 Å². The van der Waals surface area contributed by atoms with E-state index < -0.39 is 0 Å². The molecule has 5 heteroatoms. The molecule has 3 aromatic rings. The Balaban J connectivity index is 1.70. The van der Waals surface area contributed by atoms with E-state index in [1.165, 1.54) is 0 Å². The van der Waals surface area contributed by atoms with Crippen LogP contribution in [-0.2, 0) is 13.0 Å². The maximum atomic E-state index is 9.81. The average Bonchev–Trinajstić information content (AvgIpc) is 3.20. The van der Waals surface area contributed by atoms with E-state index in [0.717, 1.165) is 46.9 Å². The van der Waals surface area contributed by atoms with E-state index in [4.69, 9.17) is 13.9 Å². The van der Waals surface area contributed by atoms with Gasteiger partial charge in [0.15, 0.2) is 0 Å². The van der Waals surface area contributed by atoms with Crippen LogP contribution in [0.4, 0.5) is 0 Å². The molecule has 0 amide bonds. The van der Waals surface area contributed by atoms with Crippen LogP contribution in [-0.4, -0.2) is 25.9 Å². The third-order valence-electron chi connectivity index (χ3n) is 4.27. The number of benzene rings is 2. The molecule has 0 aliphatic rings. The van der Waals surface area contributed by atoms with E-state index in [1.807, 2.05) is 42.5 Å². The van der Waals surface area contributed by atoms with Crippen LogP contribution in [0.15, 0.2) is 59.2 Å². The largest absolute Gasteiger partial charge is 0.508 e. The molecule has 26 heavy (non-hydrogen) atoms. The van der Waals surface area contributed by atoms with E-state index in [0.29, 0.717) is 12.3 Å². The van der Waals surface area contributed by atoms with Crippen LogP contribution in [0.5, 0.6) is 17.2 Å². The van der Waals surface area contributed by atoms with E-state index in [2.05, 4.69) is 5.32 Å². The van der Waals surface area contributed by atoms with Gasteiger partial charge in [0.2, 0.25) is 0 Å². The molecular weight excluding hydrogens is 330 g/mol. The third kappa shape index (κ3) is 4.00. The summed E-state index contributed by atoms with van der Waals surface area (Å²) >= 11 is 0. The molecule has 0 saturated carbocycles. The van der Waals surface area contributed by atoms with E-state index in [1.54, 1.807) is 26.5 Å². The molecule has 2 aromatic carbocycles. The molecule has 0 fully saturated rings. The van der Waals surface area contributed by atoms with Crippen molar-refractivity contribution in [2.45, 2.75) is 13.0 Å². The molecule has 136 valence electrons. The topological polar surface area (TPSA) is 63.9 Å². The predicted molar refractivity (Wildman–Crippen MR) is 101 cm³/mol. The number of phenolic OH excluding ortho intramolecular Hbond substituents is 1. The summed E-state index contributed by atoms with van der Waals surface area (Å²) in [5.41, 5.74) is 2.79. The quantitative estimate of drug-likeness (QED) is 0.599. The van der Waals surface area contributed by atoms with Gasteiger partial charge in [-0.15, -0.1) is 0 Å². The van der Waals surface area contributed by atoms with Crippen LogP contribution in [0.2, 0.25) is 0 Å². The zero-order valence-corrected chi connectivity index (χ0v) is 15.0. The number of ether oxygens (including phenoxy) is 2. The number of rotatable bonds is 8. The number of nitrogens with one attached hydrogen (secondary N) is 1. The van der Waals surface area contributed by atoms with E-state index in [9.17, 15) is 5.11 Å². The second kappa shape index (κ2) is 8.45. The minimum absolute atomic E-state index is 0.307. The van der Waals surface area contributed by atoms with Crippen LogP contribution in [0.25, 0.3) is 11.3 Å². The Bertz CT molecular complexity index is 843. The monoisotopic (exact) mass is 353 g/mol. The van der Waals surface area contributed by atoms with Gasteiger partial charge >= 0.3 is 0 Å². The summed E-state index contributed by atoms with van der Waals surface area (Å²) in [7, 11) is 3.31. The molecule has 0 atom stereocenters. The van der Waals surface area contributed by atoms with Crippen molar-refractivity contribution < 1.29 is 19.0 Å². The van der Waals surface area contributed by atoms with Crippen molar-refractivity contribution in [1.82, 2.24) is 5.32 Å². The van der Waals surface area contributed by atoms with Gasteiger partial charge in [0.25, 0.3) is 0 Å². The summed E-state index contributed by atoms with van der Waals surface area (Å²) in [5, 5.41) is 13.2. The Morgan fingerprint density at radius 1 is 0.962 bits per heavy atom. The Morgan fingerprint density at radius 2 is 1.77 bits per heavy atom. The van der Waals surface area contributed by atoms with Crippen molar-refractivity contribution in [3.63, 3.8) is 0 Å². The first-order valence-electron chi connectivity index (χ1n) is 8.49. The second-order valence-corrected chi connectivity index (χ2v) is 5.90. The van der Waals surface area contributed by atoms with Crippen LogP contribution >= 0.6 is 0 Å². The number of phenols is 1. The molecule has 5 nitrogen and oxygen atoms in total. The fraction of sp³-hybridized carbons (Fsp3) is 0.238. The third-order valence-corrected chi connectivity index (χ3v) is 4.27. The number of para-hydroxylation sites is 1. The number of hydrogen-bond donors (Lipinski definition) is 2. The maximum absolute atomic E-state index is 9.81. The summed E-state index contributed by atoms with van der Waals surface area (Å²) in [4.78, 5) is 0. The van der Waals surface area contributed by atoms with Gasteiger partial charge in [0.1, 0.15) is 23.0 Å². The molecule has 0 bridgehead atoms. The van der Waals surface area contributed by atoms with Crippen LogP contribution in [0, 0.1) is 0 Å². The van der Waals surface area contributed by atoms with Crippen molar-refractivity contribution in [3.05, 3.63) is 65.9 Å². The number of hydrogen-bond acceptors (Lipinski definition) is 5. The maximum Gasteiger partial charge on any atom is 0.137 e. The highest BCUT2D eigenvalue weighted by Crippen LogP contribution is 2.36. The van der Waals surface area contributed by atoms with Crippen LogP contribution < -0.4 is 14.8 Å². The molecule has 0 unspecified atom stereocenters. The lowest BCUT2D eigenvalue weighted by Crippen LogP contribution is -2.17. The van der Waals surface area contributed by atoms with Gasteiger partial charge in [-0.2, -0.15) is 0 Å². The fourth-order valence-electron chi connectivity index (χ4n) is 2.89. The predicted octanol–water partition coefficient (Wildman–Crippen LogP) is 4.00. The highest BCUT2D eigenvalue weighted by molar-refractivity contribution is 5.69. The Morgan fingerprint density at radius 3 is 2.46 bits per heavy atom. The Kier molecular flexibility index (Phi) is 5.81. The van der Waals surface area contributed by atoms with Gasteiger partial charge in [-0.05, 0) is 48.9 Å². The molecule has 0 radical (unpaired) electrons. The molecule has 0 aliphatic heterocycles. The molecule has 2 N–H and O–H groups in total. The minimum atomic E-state index is 0.307. The summed E-state index contributed by atoms with van der Waals surface area (Å²) in [5.74, 6) is 2.59. The highest BCUT2D eigenvalue weighted by atomic mass is 16.5.